The Bertz CT molecular complexity index is 714. The topological polar surface area (TPSA) is 58.2 Å². The zero-order chi connectivity index (χ0) is 14.8. The minimum absolute atomic E-state index is 0.235. The average molecular weight is 351 g/mol. The van der Waals surface area contributed by atoms with Crippen molar-refractivity contribution < 1.29 is 8.42 Å². The molecule has 0 spiro atoms. The SMILES string of the molecule is CNCc1csc(S(=O)(=O)Nc2cc(Cl)ccc2Cl)c1. The fourth-order valence-corrected chi connectivity index (χ4v) is 4.23. The van der Waals surface area contributed by atoms with Gasteiger partial charge in [0.25, 0.3) is 10.0 Å². The van der Waals surface area contributed by atoms with Gasteiger partial charge in [0.05, 0.1) is 10.7 Å². The van der Waals surface area contributed by atoms with Crippen LogP contribution < -0.4 is 10.0 Å². The number of anilines is 1. The molecule has 0 atom stereocenters. The third kappa shape index (κ3) is 3.65. The largest absolute Gasteiger partial charge is 0.316 e. The highest BCUT2D eigenvalue weighted by Gasteiger charge is 2.18. The molecule has 4 nitrogen and oxygen atoms in total. The van der Waals surface area contributed by atoms with Crippen LogP contribution in [0.4, 0.5) is 5.69 Å². The van der Waals surface area contributed by atoms with Gasteiger partial charge < -0.3 is 5.32 Å². The molecule has 1 aromatic carbocycles. The highest BCUT2D eigenvalue weighted by atomic mass is 35.5. The van der Waals surface area contributed by atoms with E-state index in [-0.39, 0.29) is 9.90 Å². The predicted molar refractivity (Wildman–Crippen MR) is 84.4 cm³/mol. The van der Waals surface area contributed by atoms with Crippen LogP contribution in [0.15, 0.2) is 33.9 Å². The fraction of sp³-hybridized carbons (Fsp3) is 0.167. The zero-order valence-electron chi connectivity index (χ0n) is 10.5. The highest BCUT2D eigenvalue weighted by molar-refractivity contribution is 7.94. The lowest BCUT2D eigenvalue weighted by molar-refractivity contribution is 0.603. The second-order valence-electron chi connectivity index (χ2n) is 4.03. The first-order valence-electron chi connectivity index (χ1n) is 5.62. The highest BCUT2D eigenvalue weighted by Crippen LogP contribution is 2.29. The van der Waals surface area contributed by atoms with Gasteiger partial charge in [0.2, 0.25) is 0 Å². The quantitative estimate of drug-likeness (QED) is 0.866. The van der Waals surface area contributed by atoms with Crippen molar-refractivity contribution in [1.29, 1.82) is 0 Å². The Morgan fingerprint density at radius 2 is 2.00 bits per heavy atom. The maximum absolute atomic E-state index is 12.3. The number of hydrogen-bond donors (Lipinski definition) is 2. The van der Waals surface area contributed by atoms with Gasteiger partial charge in [0, 0.05) is 11.6 Å². The minimum atomic E-state index is -3.65. The van der Waals surface area contributed by atoms with Crippen molar-refractivity contribution in [2.24, 2.45) is 0 Å². The van der Waals surface area contributed by atoms with Crippen LogP contribution in [-0.2, 0) is 16.6 Å². The van der Waals surface area contributed by atoms with E-state index in [4.69, 9.17) is 23.2 Å². The summed E-state index contributed by atoms with van der Waals surface area (Å²) in [7, 11) is -1.85. The second kappa shape index (κ2) is 6.32. The molecule has 2 aromatic rings. The number of benzene rings is 1. The van der Waals surface area contributed by atoms with Crippen LogP contribution in [0.25, 0.3) is 0 Å². The van der Waals surface area contributed by atoms with E-state index in [1.807, 2.05) is 0 Å². The van der Waals surface area contributed by atoms with Crippen LogP contribution in [0.2, 0.25) is 10.0 Å². The van der Waals surface area contributed by atoms with Gasteiger partial charge in [-0.05, 0) is 42.3 Å². The molecule has 0 amide bonds. The smallest absolute Gasteiger partial charge is 0.271 e. The van der Waals surface area contributed by atoms with Crippen LogP contribution in [-0.4, -0.2) is 15.5 Å². The molecule has 0 aliphatic rings. The first-order chi connectivity index (χ1) is 9.42. The minimum Gasteiger partial charge on any atom is -0.316 e. The molecule has 0 aliphatic heterocycles. The summed E-state index contributed by atoms with van der Waals surface area (Å²) in [5, 5.41) is 5.47. The van der Waals surface area contributed by atoms with E-state index in [0.29, 0.717) is 16.6 Å². The molecule has 0 saturated carbocycles. The molecular weight excluding hydrogens is 339 g/mol. The first kappa shape index (κ1) is 15.6. The van der Waals surface area contributed by atoms with Crippen molar-refractivity contribution in [2.75, 3.05) is 11.8 Å². The summed E-state index contributed by atoms with van der Waals surface area (Å²) in [6.07, 6.45) is 0. The van der Waals surface area contributed by atoms with E-state index in [1.165, 1.54) is 6.07 Å². The Balaban J connectivity index is 2.28. The molecule has 1 heterocycles. The lowest BCUT2D eigenvalue weighted by Gasteiger charge is -2.08. The van der Waals surface area contributed by atoms with Gasteiger partial charge in [0.15, 0.2) is 0 Å². The third-order valence-corrected chi connectivity index (χ3v) is 5.87. The molecule has 0 unspecified atom stereocenters. The number of sulfonamides is 1. The van der Waals surface area contributed by atoms with E-state index in [9.17, 15) is 8.42 Å². The number of thiophene rings is 1. The maximum Gasteiger partial charge on any atom is 0.271 e. The summed E-state index contributed by atoms with van der Waals surface area (Å²) in [4.78, 5) is 0. The summed E-state index contributed by atoms with van der Waals surface area (Å²) in [6.45, 7) is 0.615. The van der Waals surface area contributed by atoms with Gasteiger partial charge in [-0.3, -0.25) is 4.72 Å². The van der Waals surface area contributed by atoms with E-state index >= 15 is 0 Å². The van der Waals surface area contributed by atoms with Crippen LogP contribution in [0.3, 0.4) is 0 Å². The van der Waals surface area contributed by atoms with E-state index in [1.54, 1.807) is 30.6 Å². The monoisotopic (exact) mass is 350 g/mol. The van der Waals surface area contributed by atoms with Crippen LogP contribution in [0.1, 0.15) is 5.56 Å². The third-order valence-electron chi connectivity index (χ3n) is 2.45. The van der Waals surface area contributed by atoms with Crippen LogP contribution in [0.5, 0.6) is 0 Å². The van der Waals surface area contributed by atoms with E-state index < -0.39 is 10.0 Å². The lowest BCUT2D eigenvalue weighted by Crippen LogP contribution is -2.12. The Morgan fingerprint density at radius 3 is 2.70 bits per heavy atom. The summed E-state index contributed by atoms with van der Waals surface area (Å²) >= 11 is 12.9. The van der Waals surface area contributed by atoms with Crippen molar-refractivity contribution in [3.05, 3.63) is 45.3 Å². The molecule has 0 radical (unpaired) electrons. The number of halogens is 2. The normalized spacial score (nSPS) is 11.6. The van der Waals surface area contributed by atoms with E-state index in [2.05, 4.69) is 10.0 Å². The van der Waals surface area contributed by atoms with E-state index in [0.717, 1.165) is 16.9 Å². The van der Waals surface area contributed by atoms with Gasteiger partial charge in [-0.15, -0.1) is 11.3 Å². The van der Waals surface area contributed by atoms with Gasteiger partial charge in [-0.25, -0.2) is 8.42 Å². The molecule has 0 aliphatic carbocycles. The van der Waals surface area contributed by atoms with Gasteiger partial charge in [0.1, 0.15) is 4.21 Å². The molecule has 1 aromatic heterocycles. The standard InChI is InChI=1S/C12H12Cl2N2O2S2/c1-15-6-8-4-12(19-7-8)20(17,18)16-11-5-9(13)2-3-10(11)14/h2-5,7,15-16H,6H2,1H3. The Morgan fingerprint density at radius 1 is 1.25 bits per heavy atom. The molecule has 8 heteroatoms. The number of rotatable bonds is 5. The molecule has 0 fully saturated rings. The van der Waals surface area contributed by atoms with Crippen molar-refractivity contribution in [2.45, 2.75) is 10.8 Å². The molecule has 0 saturated heterocycles. The molecule has 2 rings (SSSR count). The van der Waals surface area contributed by atoms with Crippen molar-refractivity contribution in [1.82, 2.24) is 5.32 Å². The second-order valence-corrected chi connectivity index (χ2v) is 7.70. The summed E-state index contributed by atoms with van der Waals surface area (Å²) in [5.41, 5.74) is 1.18. The Labute approximate surface area is 131 Å². The van der Waals surface area contributed by atoms with Gasteiger partial charge >= 0.3 is 0 Å². The zero-order valence-corrected chi connectivity index (χ0v) is 13.6. The van der Waals surface area contributed by atoms with Crippen molar-refractivity contribution in [3.63, 3.8) is 0 Å². The van der Waals surface area contributed by atoms with Gasteiger partial charge in [-0.2, -0.15) is 0 Å². The molecular formula is C12H12Cl2N2O2S2. The molecule has 2 N–H and O–H groups in total. The van der Waals surface area contributed by atoms with Crippen molar-refractivity contribution in [3.8, 4) is 0 Å². The maximum atomic E-state index is 12.3. The average Bonchev–Trinajstić information content (AvgIpc) is 2.83. The fourth-order valence-electron chi connectivity index (χ4n) is 1.56. The van der Waals surface area contributed by atoms with Crippen LogP contribution >= 0.6 is 34.5 Å². The Kier molecular flexibility index (Phi) is 4.93. The first-order valence-corrected chi connectivity index (χ1v) is 8.74. The summed E-state index contributed by atoms with van der Waals surface area (Å²) in [6, 6.07) is 6.24. The predicted octanol–water partition coefficient (Wildman–Crippen LogP) is 3.58. The lowest BCUT2D eigenvalue weighted by atomic mass is 10.3. The molecule has 108 valence electrons. The van der Waals surface area contributed by atoms with Crippen LogP contribution in [0, 0.1) is 0 Å². The molecule has 20 heavy (non-hydrogen) atoms. The molecule has 0 bridgehead atoms. The Hall–Kier alpha value is -0.790. The summed E-state index contributed by atoms with van der Waals surface area (Å²) < 4.78 is 27.2. The van der Waals surface area contributed by atoms with Gasteiger partial charge in [-0.1, -0.05) is 23.2 Å². The number of hydrogen-bond acceptors (Lipinski definition) is 4. The van der Waals surface area contributed by atoms with Crippen molar-refractivity contribution >= 4 is 50.2 Å². The number of nitrogens with one attached hydrogen (secondary N) is 2. The summed E-state index contributed by atoms with van der Waals surface area (Å²) in [5.74, 6) is 0.